The summed E-state index contributed by atoms with van der Waals surface area (Å²) >= 11 is 5.97. The van der Waals surface area contributed by atoms with Crippen molar-refractivity contribution in [1.29, 1.82) is 0 Å². The Hall–Kier alpha value is -1.48. The molecule has 1 aromatic rings. The smallest absolute Gasteiger partial charge is 0.318 e. The summed E-state index contributed by atoms with van der Waals surface area (Å²) in [5.41, 5.74) is 1.31. The van der Waals surface area contributed by atoms with E-state index in [9.17, 15) is 4.79 Å². The number of carbonyl (C=O) groups excluding carboxylic acids is 1. The van der Waals surface area contributed by atoms with Gasteiger partial charge in [0.25, 0.3) is 0 Å². The van der Waals surface area contributed by atoms with E-state index in [0.29, 0.717) is 10.4 Å². The lowest BCUT2D eigenvalue weighted by Crippen LogP contribution is -2.56. The average Bonchev–Trinajstić information content (AvgIpc) is 2.53. The maximum atomic E-state index is 12.3. The zero-order chi connectivity index (χ0) is 17.4. The van der Waals surface area contributed by atoms with Crippen LogP contribution in [0.3, 0.4) is 0 Å². The van der Waals surface area contributed by atoms with Crippen LogP contribution in [0.5, 0.6) is 0 Å². The molecule has 0 heterocycles. The van der Waals surface area contributed by atoms with Crippen LogP contribution < -0.4 is 10.6 Å². The Morgan fingerprint density at radius 2 is 1.84 bits per heavy atom. The summed E-state index contributed by atoms with van der Waals surface area (Å²) in [7, 11) is 0. The third-order valence-corrected chi connectivity index (χ3v) is 6.93. The summed E-state index contributed by atoms with van der Waals surface area (Å²) in [6, 6.07) is 7.70. The molecular weight excluding hydrogens is 332 g/mol. The van der Waals surface area contributed by atoms with E-state index in [-0.39, 0.29) is 12.1 Å². The Labute approximate surface area is 155 Å². The van der Waals surface area contributed by atoms with Crippen LogP contribution in [0.15, 0.2) is 30.5 Å². The van der Waals surface area contributed by atoms with E-state index in [1.54, 1.807) is 6.20 Å². The maximum Gasteiger partial charge on any atom is 0.318 e. The molecule has 0 aromatic heterocycles. The Bertz CT molecular complexity index is 649. The molecule has 134 valence electrons. The summed E-state index contributed by atoms with van der Waals surface area (Å²) in [5, 5.41) is 6.74. The van der Waals surface area contributed by atoms with E-state index < -0.39 is 0 Å². The molecule has 1 unspecified atom stereocenters. The van der Waals surface area contributed by atoms with E-state index in [2.05, 4.69) is 17.6 Å². The third kappa shape index (κ3) is 3.57. The van der Waals surface area contributed by atoms with Gasteiger partial charge in [-0.15, -0.1) is 0 Å². The van der Waals surface area contributed by atoms with Crippen LogP contribution in [0.2, 0.25) is 5.02 Å². The second-order valence-corrected chi connectivity index (χ2v) is 8.94. The fourth-order valence-corrected chi connectivity index (χ4v) is 6.12. The first-order valence-electron chi connectivity index (χ1n) is 9.51. The number of hydrogen-bond acceptors (Lipinski definition) is 1. The van der Waals surface area contributed by atoms with E-state index in [4.69, 9.17) is 11.6 Å². The number of nitrogens with one attached hydrogen (secondary N) is 2. The fraction of sp³-hybridized carbons (Fsp3) is 0.571. The lowest BCUT2D eigenvalue weighted by Gasteiger charge is -2.59. The van der Waals surface area contributed by atoms with Crippen molar-refractivity contribution in [3.05, 3.63) is 41.1 Å². The van der Waals surface area contributed by atoms with Crippen molar-refractivity contribution >= 4 is 23.7 Å². The molecule has 25 heavy (non-hydrogen) atoms. The standard InChI is InChI=1S/C21H27ClN2O/c1-14(21-11-16-7-17(12-21)9-18(8-16)13-21)24-20(25)23-6-5-15-3-2-4-19(22)10-15/h2-6,10,14,16-18H,7-9,11-13H2,1H3,(H2,23,24,25)/b6-5+. The molecule has 2 amide bonds. The molecule has 5 rings (SSSR count). The Balaban J connectivity index is 1.33. The van der Waals surface area contributed by atoms with Gasteiger partial charge in [0.2, 0.25) is 0 Å². The van der Waals surface area contributed by atoms with Crippen LogP contribution >= 0.6 is 11.6 Å². The molecular formula is C21H27ClN2O. The highest BCUT2D eigenvalue weighted by Gasteiger charge is 2.53. The zero-order valence-corrected chi connectivity index (χ0v) is 15.6. The summed E-state index contributed by atoms with van der Waals surface area (Å²) in [4.78, 5) is 12.3. The van der Waals surface area contributed by atoms with E-state index in [1.165, 1.54) is 38.5 Å². The number of carbonyl (C=O) groups is 1. The molecule has 0 aliphatic heterocycles. The van der Waals surface area contributed by atoms with Crippen molar-refractivity contribution in [2.24, 2.45) is 23.2 Å². The van der Waals surface area contributed by atoms with Crippen molar-refractivity contribution in [2.75, 3.05) is 0 Å². The predicted molar refractivity (Wildman–Crippen MR) is 102 cm³/mol. The van der Waals surface area contributed by atoms with Crippen LogP contribution in [0.1, 0.15) is 51.0 Å². The summed E-state index contributed by atoms with van der Waals surface area (Å²) in [6.45, 7) is 2.20. The normalized spacial score (nSPS) is 34.2. The largest absolute Gasteiger partial charge is 0.335 e. The maximum absolute atomic E-state index is 12.3. The van der Waals surface area contributed by atoms with Crippen molar-refractivity contribution in [3.63, 3.8) is 0 Å². The van der Waals surface area contributed by atoms with Crippen LogP contribution in [0.4, 0.5) is 4.79 Å². The number of halogens is 1. The number of benzene rings is 1. The first-order chi connectivity index (χ1) is 12.0. The molecule has 4 saturated carbocycles. The van der Waals surface area contributed by atoms with Crippen molar-refractivity contribution in [3.8, 4) is 0 Å². The van der Waals surface area contributed by atoms with E-state index in [0.717, 1.165) is 23.3 Å². The molecule has 2 N–H and O–H groups in total. The molecule has 4 bridgehead atoms. The first-order valence-corrected chi connectivity index (χ1v) is 9.89. The van der Waals surface area contributed by atoms with Crippen molar-refractivity contribution < 1.29 is 4.79 Å². The van der Waals surface area contributed by atoms with E-state index in [1.807, 2.05) is 30.3 Å². The summed E-state index contributed by atoms with van der Waals surface area (Å²) in [5.74, 6) is 2.71. The highest BCUT2D eigenvalue weighted by Crippen LogP contribution is 2.61. The molecule has 4 heteroatoms. The lowest BCUT2D eigenvalue weighted by molar-refractivity contribution is -0.0681. The Kier molecular flexibility index (Phi) is 4.53. The number of amides is 2. The lowest BCUT2D eigenvalue weighted by atomic mass is 9.48. The van der Waals surface area contributed by atoms with Gasteiger partial charge in [-0.25, -0.2) is 4.79 Å². The minimum atomic E-state index is -0.110. The van der Waals surface area contributed by atoms with Gasteiger partial charge in [-0.3, -0.25) is 0 Å². The van der Waals surface area contributed by atoms with Gasteiger partial charge in [0, 0.05) is 17.3 Å². The highest BCUT2D eigenvalue weighted by atomic mass is 35.5. The topological polar surface area (TPSA) is 41.1 Å². The second-order valence-electron chi connectivity index (χ2n) is 8.51. The van der Waals surface area contributed by atoms with Gasteiger partial charge < -0.3 is 10.6 Å². The van der Waals surface area contributed by atoms with Crippen molar-refractivity contribution in [1.82, 2.24) is 10.6 Å². The Morgan fingerprint density at radius 3 is 2.44 bits per heavy atom. The van der Waals surface area contributed by atoms with Gasteiger partial charge in [-0.1, -0.05) is 23.7 Å². The van der Waals surface area contributed by atoms with Gasteiger partial charge in [0.1, 0.15) is 0 Å². The molecule has 4 aliphatic carbocycles. The van der Waals surface area contributed by atoms with Crippen LogP contribution in [0.25, 0.3) is 6.08 Å². The number of hydrogen-bond donors (Lipinski definition) is 2. The molecule has 0 spiro atoms. The Morgan fingerprint density at radius 1 is 1.20 bits per heavy atom. The fourth-order valence-electron chi connectivity index (χ4n) is 5.92. The summed E-state index contributed by atoms with van der Waals surface area (Å²) in [6.07, 6.45) is 11.8. The molecule has 0 saturated heterocycles. The highest BCUT2D eigenvalue weighted by molar-refractivity contribution is 6.30. The summed E-state index contributed by atoms with van der Waals surface area (Å²) < 4.78 is 0. The predicted octanol–water partition coefficient (Wildman–Crippen LogP) is 5.21. The molecule has 1 atom stereocenters. The monoisotopic (exact) mass is 358 g/mol. The van der Waals surface area contributed by atoms with Gasteiger partial charge >= 0.3 is 6.03 Å². The molecule has 1 aromatic carbocycles. The third-order valence-electron chi connectivity index (χ3n) is 6.69. The van der Waals surface area contributed by atoms with Gasteiger partial charge in [-0.05, 0) is 92.4 Å². The SMILES string of the molecule is CC(NC(=O)N/C=C/c1cccc(Cl)c1)C12CC3CC(CC(C3)C1)C2. The van der Waals surface area contributed by atoms with Gasteiger partial charge in [-0.2, -0.15) is 0 Å². The second kappa shape index (κ2) is 6.68. The van der Waals surface area contributed by atoms with Crippen LogP contribution in [0, 0.1) is 23.2 Å². The molecule has 0 radical (unpaired) electrons. The van der Waals surface area contributed by atoms with Crippen LogP contribution in [-0.2, 0) is 0 Å². The first kappa shape index (κ1) is 17.0. The molecule has 4 fully saturated rings. The van der Waals surface area contributed by atoms with Gasteiger partial charge in [0.15, 0.2) is 0 Å². The van der Waals surface area contributed by atoms with Crippen molar-refractivity contribution in [2.45, 2.75) is 51.5 Å². The zero-order valence-electron chi connectivity index (χ0n) is 14.8. The molecule has 4 aliphatic rings. The number of urea groups is 1. The minimum Gasteiger partial charge on any atom is -0.335 e. The minimum absolute atomic E-state index is 0.110. The quantitative estimate of drug-likeness (QED) is 0.761. The van der Waals surface area contributed by atoms with E-state index >= 15 is 0 Å². The van der Waals surface area contributed by atoms with Gasteiger partial charge in [0.05, 0.1) is 0 Å². The molecule has 3 nitrogen and oxygen atoms in total. The number of rotatable bonds is 4. The average molecular weight is 359 g/mol. The van der Waals surface area contributed by atoms with Crippen LogP contribution in [-0.4, -0.2) is 12.1 Å².